The van der Waals surface area contributed by atoms with Crippen molar-refractivity contribution in [3.05, 3.63) is 102 Å². The molecule has 0 heterocycles. The third kappa shape index (κ3) is 2.65. The van der Waals surface area contributed by atoms with Crippen molar-refractivity contribution in [3.63, 3.8) is 0 Å². The number of aromatic hydroxyl groups is 1. The van der Waals surface area contributed by atoms with Gasteiger partial charge < -0.3 is 14.9 Å². The van der Waals surface area contributed by atoms with Crippen molar-refractivity contribution >= 4 is 7.60 Å². The van der Waals surface area contributed by atoms with Gasteiger partial charge in [-0.2, -0.15) is 0 Å². The van der Waals surface area contributed by atoms with E-state index in [0.29, 0.717) is 16.7 Å². The molecule has 0 saturated carbocycles. The Hall–Kier alpha value is -2.39. The minimum Gasteiger partial charge on any atom is -0.508 e. The molecule has 0 amide bonds. The third-order valence-electron chi connectivity index (χ3n) is 4.11. The zero-order chi connectivity index (χ0) is 17.2. The van der Waals surface area contributed by atoms with Crippen LogP contribution in [0.5, 0.6) is 5.75 Å². The quantitative estimate of drug-likeness (QED) is 0.498. The first-order valence-electron chi connectivity index (χ1n) is 7.42. The van der Waals surface area contributed by atoms with Crippen LogP contribution in [0.25, 0.3) is 0 Å². The van der Waals surface area contributed by atoms with E-state index >= 15 is 0 Å². The van der Waals surface area contributed by atoms with Crippen LogP contribution in [-0.4, -0.2) is 14.9 Å². The summed E-state index contributed by atoms with van der Waals surface area (Å²) in [5, 5.41) is 7.94. The Kier molecular flexibility index (Phi) is 4.29. The Morgan fingerprint density at radius 1 is 0.625 bits per heavy atom. The van der Waals surface area contributed by atoms with E-state index in [4.69, 9.17) is 0 Å². The molecule has 3 N–H and O–H groups in total. The van der Waals surface area contributed by atoms with Crippen molar-refractivity contribution < 1.29 is 19.5 Å². The summed E-state index contributed by atoms with van der Waals surface area (Å²) in [6.45, 7) is 0. The summed E-state index contributed by atoms with van der Waals surface area (Å²) in [6.07, 6.45) is 0. The summed E-state index contributed by atoms with van der Waals surface area (Å²) < 4.78 is 12.8. The molecule has 3 rings (SSSR count). The van der Waals surface area contributed by atoms with Gasteiger partial charge in [0, 0.05) is 0 Å². The van der Waals surface area contributed by atoms with Crippen LogP contribution in [0.15, 0.2) is 84.9 Å². The zero-order valence-corrected chi connectivity index (χ0v) is 13.7. The fourth-order valence-electron chi connectivity index (χ4n) is 3.07. The zero-order valence-electron chi connectivity index (χ0n) is 12.8. The molecule has 0 aliphatic rings. The highest BCUT2D eigenvalue weighted by Crippen LogP contribution is 2.64. The maximum Gasteiger partial charge on any atom is 0.344 e. The van der Waals surface area contributed by atoms with Crippen molar-refractivity contribution in [1.29, 1.82) is 0 Å². The number of phenolic OH excluding ortho intramolecular Hbond substituents is 1. The van der Waals surface area contributed by atoms with E-state index in [0.717, 1.165) is 0 Å². The van der Waals surface area contributed by atoms with Gasteiger partial charge in [-0.3, -0.25) is 4.57 Å². The van der Waals surface area contributed by atoms with Gasteiger partial charge in [-0.1, -0.05) is 72.8 Å². The highest BCUT2D eigenvalue weighted by molar-refractivity contribution is 7.53. The molecular weight excluding hydrogens is 323 g/mol. The molecule has 0 saturated heterocycles. The molecule has 4 nitrogen and oxygen atoms in total. The van der Waals surface area contributed by atoms with Crippen LogP contribution in [0, 0.1) is 0 Å². The molecular formula is C19H17O4P. The Labute approximate surface area is 140 Å². The topological polar surface area (TPSA) is 77.8 Å². The summed E-state index contributed by atoms with van der Waals surface area (Å²) >= 11 is 0. The Balaban J connectivity index is 2.42. The lowest BCUT2D eigenvalue weighted by molar-refractivity contribution is 0.349. The van der Waals surface area contributed by atoms with E-state index in [1.54, 1.807) is 72.8 Å². The van der Waals surface area contributed by atoms with Crippen molar-refractivity contribution in [2.45, 2.75) is 5.16 Å². The first kappa shape index (κ1) is 16.5. The maximum absolute atomic E-state index is 12.8. The molecule has 5 heteroatoms. The predicted molar refractivity (Wildman–Crippen MR) is 92.9 cm³/mol. The van der Waals surface area contributed by atoms with Gasteiger partial charge >= 0.3 is 7.60 Å². The minimum absolute atomic E-state index is 0.0412. The van der Waals surface area contributed by atoms with Gasteiger partial charge in [-0.25, -0.2) is 0 Å². The largest absolute Gasteiger partial charge is 0.508 e. The minimum atomic E-state index is -4.67. The number of hydrogen-bond donors (Lipinski definition) is 3. The molecule has 0 bridgehead atoms. The average Bonchev–Trinajstić information content (AvgIpc) is 2.58. The molecule has 122 valence electrons. The summed E-state index contributed by atoms with van der Waals surface area (Å²) in [5.74, 6) is 0.0412. The summed E-state index contributed by atoms with van der Waals surface area (Å²) in [7, 11) is -4.67. The van der Waals surface area contributed by atoms with E-state index in [1.807, 2.05) is 0 Å². The van der Waals surface area contributed by atoms with Crippen LogP contribution in [0.3, 0.4) is 0 Å². The van der Waals surface area contributed by atoms with Crippen LogP contribution in [0.2, 0.25) is 0 Å². The van der Waals surface area contributed by atoms with Gasteiger partial charge in [0.25, 0.3) is 0 Å². The van der Waals surface area contributed by atoms with Gasteiger partial charge in [0.1, 0.15) is 10.9 Å². The molecule has 0 aromatic heterocycles. The fraction of sp³-hybridized carbons (Fsp3) is 0.0526. The molecule has 0 aliphatic heterocycles. The molecule has 0 fully saturated rings. The van der Waals surface area contributed by atoms with E-state index in [-0.39, 0.29) is 5.75 Å². The van der Waals surface area contributed by atoms with Crippen LogP contribution >= 0.6 is 7.60 Å². The summed E-state index contributed by atoms with van der Waals surface area (Å²) in [5.41, 5.74) is 1.41. The van der Waals surface area contributed by atoms with E-state index in [1.165, 1.54) is 12.1 Å². The first-order valence-corrected chi connectivity index (χ1v) is 9.03. The second kappa shape index (κ2) is 6.25. The molecule has 24 heavy (non-hydrogen) atoms. The second-order valence-corrected chi connectivity index (χ2v) is 7.29. The number of rotatable bonds is 4. The van der Waals surface area contributed by atoms with Gasteiger partial charge in [0.15, 0.2) is 0 Å². The van der Waals surface area contributed by atoms with Crippen LogP contribution in [-0.2, 0) is 9.72 Å². The predicted octanol–water partition coefficient (Wildman–Crippen LogP) is 3.86. The maximum atomic E-state index is 12.8. The molecule has 0 unspecified atom stereocenters. The van der Waals surface area contributed by atoms with Crippen molar-refractivity contribution in [3.8, 4) is 5.75 Å². The number of phenols is 1. The van der Waals surface area contributed by atoms with Crippen molar-refractivity contribution in [2.75, 3.05) is 0 Å². The average molecular weight is 340 g/mol. The molecule has 0 radical (unpaired) electrons. The van der Waals surface area contributed by atoms with Gasteiger partial charge in [-0.15, -0.1) is 0 Å². The lowest BCUT2D eigenvalue weighted by atomic mass is 9.84. The smallest absolute Gasteiger partial charge is 0.344 e. The first-order chi connectivity index (χ1) is 11.5. The van der Waals surface area contributed by atoms with Crippen molar-refractivity contribution in [1.82, 2.24) is 0 Å². The number of hydrogen-bond acceptors (Lipinski definition) is 2. The van der Waals surface area contributed by atoms with Crippen LogP contribution in [0.1, 0.15) is 16.7 Å². The summed E-state index contributed by atoms with van der Waals surface area (Å²) in [4.78, 5) is 20.8. The van der Waals surface area contributed by atoms with E-state index in [9.17, 15) is 19.5 Å². The van der Waals surface area contributed by atoms with Crippen LogP contribution < -0.4 is 0 Å². The Morgan fingerprint density at radius 2 is 1.00 bits per heavy atom. The molecule has 0 aliphatic carbocycles. The normalized spacial score (nSPS) is 12.1. The lowest BCUT2D eigenvalue weighted by Crippen LogP contribution is -2.29. The second-order valence-electron chi connectivity index (χ2n) is 5.53. The van der Waals surface area contributed by atoms with Gasteiger partial charge in [0.2, 0.25) is 0 Å². The molecule has 0 atom stereocenters. The lowest BCUT2D eigenvalue weighted by Gasteiger charge is -2.36. The molecule has 3 aromatic rings. The number of benzene rings is 3. The third-order valence-corrected chi connectivity index (χ3v) is 5.75. The monoisotopic (exact) mass is 340 g/mol. The Morgan fingerprint density at radius 3 is 1.38 bits per heavy atom. The van der Waals surface area contributed by atoms with Crippen molar-refractivity contribution in [2.24, 2.45) is 0 Å². The fourth-order valence-corrected chi connectivity index (χ4v) is 4.52. The van der Waals surface area contributed by atoms with E-state index in [2.05, 4.69) is 0 Å². The van der Waals surface area contributed by atoms with Crippen LogP contribution in [0.4, 0.5) is 0 Å². The Bertz CT molecular complexity index is 815. The standard InChI is InChI=1S/C19H17O4P/c20-18-13-11-17(12-14-18)19(24(21,22)23,15-7-3-1-4-8-15)16-9-5-2-6-10-16/h1-14,20H,(H2,21,22,23). The molecule has 0 spiro atoms. The highest BCUT2D eigenvalue weighted by atomic mass is 31.2. The highest BCUT2D eigenvalue weighted by Gasteiger charge is 2.51. The molecule has 3 aromatic carbocycles. The van der Waals surface area contributed by atoms with Gasteiger partial charge in [-0.05, 0) is 28.8 Å². The van der Waals surface area contributed by atoms with Gasteiger partial charge in [0.05, 0.1) is 0 Å². The van der Waals surface area contributed by atoms with E-state index < -0.39 is 12.8 Å². The SMILES string of the molecule is O=P(O)(O)C(c1ccccc1)(c1ccccc1)c1ccc(O)cc1. The summed E-state index contributed by atoms with van der Waals surface area (Å²) in [6, 6.07) is 23.4.